The number of hydrogen-bond acceptors (Lipinski definition) is 4. The molecule has 2 heterocycles. The molecule has 0 fully saturated rings. The van der Waals surface area contributed by atoms with E-state index in [2.05, 4.69) is 41.4 Å². The summed E-state index contributed by atoms with van der Waals surface area (Å²) < 4.78 is 7.66. The fraction of sp³-hybridized carbons (Fsp3) is 0.318. The third-order valence-corrected chi connectivity index (χ3v) is 4.48. The fourth-order valence-corrected chi connectivity index (χ4v) is 2.90. The van der Waals surface area contributed by atoms with Crippen LogP contribution < -0.4 is 10.1 Å². The van der Waals surface area contributed by atoms with Crippen LogP contribution in [0.3, 0.4) is 0 Å². The first-order valence-electron chi connectivity index (χ1n) is 9.44. The highest BCUT2D eigenvalue weighted by Crippen LogP contribution is 2.28. The van der Waals surface area contributed by atoms with Crippen molar-refractivity contribution < 1.29 is 9.53 Å². The minimum absolute atomic E-state index is 0.159. The Morgan fingerprint density at radius 3 is 2.71 bits per heavy atom. The number of nitrogens with zero attached hydrogens (tertiary/aromatic N) is 3. The third-order valence-electron chi connectivity index (χ3n) is 4.48. The molecule has 0 aliphatic rings. The Hall–Kier alpha value is -3.15. The zero-order chi connectivity index (χ0) is 20.1. The number of rotatable bonds is 7. The van der Waals surface area contributed by atoms with Crippen molar-refractivity contribution in [2.75, 3.05) is 0 Å². The van der Waals surface area contributed by atoms with Crippen molar-refractivity contribution in [3.8, 4) is 11.6 Å². The number of ether oxygens (including phenoxy) is 1. The Morgan fingerprint density at radius 1 is 1.18 bits per heavy atom. The van der Waals surface area contributed by atoms with Crippen molar-refractivity contribution >= 4 is 5.91 Å². The molecule has 1 amide bonds. The molecular weight excluding hydrogens is 352 g/mol. The van der Waals surface area contributed by atoms with Gasteiger partial charge in [0.05, 0.1) is 0 Å². The van der Waals surface area contributed by atoms with E-state index < -0.39 is 6.10 Å². The first-order valence-corrected chi connectivity index (χ1v) is 9.44. The normalized spacial score (nSPS) is 12.0. The molecule has 1 unspecified atom stereocenters. The highest BCUT2D eigenvalue weighted by Gasteiger charge is 2.17. The molecular formula is C22H26N4O2. The van der Waals surface area contributed by atoms with E-state index in [1.807, 2.05) is 37.4 Å². The molecule has 0 saturated carbocycles. The van der Waals surface area contributed by atoms with Crippen LogP contribution in [0.25, 0.3) is 5.82 Å². The van der Waals surface area contributed by atoms with Gasteiger partial charge in [-0.05, 0) is 60.7 Å². The molecule has 28 heavy (non-hydrogen) atoms. The van der Waals surface area contributed by atoms with Gasteiger partial charge in [0.2, 0.25) is 0 Å². The number of benzene rings is 1. The van der Waals surface area contributed by atoms with Crippen molar-refractivity contribution in [3.63, 3.8) is 0 Å². The molecule has 0 aliphatic carbocycles. The lowest BCUT2D eigenvalue weighted by Gasteiger charge is -2.19. The van der Waals surface area contributed by atoms with E-state index >= 15 is 0 Å². The van der Waals surface area contributed by atoms with Gasteiger partial charge in [0.15, 0.2) is 11.9 Å². The number of aryl methyl sites for hydroxylation is 1. The van der Waals surface area contributed by atoms with Crippen LogP contribution in [-0.4, -0.2) is 26.8 Å². The number of aromatic nitrogens is 3. The SMILES string of the molecule is Cc1ccc(C(C)C)c(OC(C)C(=O)NCc2ccnc(-n3cccn3)c2)c1. The number of carbonyl (C=O) groups excluding carboxylic acids is 1. The molecule has 3 rings (SSSR count). The maximum absolute atomic E-state index is 12.5. The number of pyridine rings is 1. The summed E-state index contributed by atoms with van der Waals surface area (Å²) >= 11 is 0. The van der Waals surface area contributed by atoms with Gasteiger partial charge in [0.25, 0.3) is 5.91 Å². The van der Waals surface area contributed by atoms with Gasteiger partial charge in [-0.25, -0.2) is 9.67 Å². The van der Waals surface area contributed by atoms with Crippen molar-refractivity contribution in [2.24, 2.45) is 0 Å². The van der Waals surface area contributed by atoms with Crippen molar-refractivity contribution in [1.82, 2.24) is 20.1 Å². The van der Waals surface area contributed by atoms with E-state index in [1.54, 1.807) is 24.0 Å². The van der Waals surface area contributed by atoms with Gasteiger partial charge < -0.3 is 10.1 Å². The summed E-state index contributed by atoms with van der Waals surface area (Å²) in [6.45, 7) is 8.41. The topological polar surface area (TPSA) is 69.0 Å². The van der Waals surface area contributed by atoms with E-state index in [0.29, 0.717) is 18.3 Å². The third kappa shape index (κ3) is 4.76. The maximum Gasteiger partial charge on any atom is 0.261 e. The van der Waals surface area contributed by atoms with Gasteiger partial charge in [0, 0.05) is 25.1 Å². The highest BCUT2D eigenvalue weighted by molar-refractivity contribution is 5.80. The number of amides is 1. The summed E-state index contributed by atoms with van der Waals surface area (Å²) in [5, 5.41) is 7.11. The number of hydrogen-bond donors (Lipinski definition) is 1. The first kappa shape index (κ1) is 19.6. The van der Waals surface area contributed by atoms with E-state index in [0.717, 1.165) is 22.4 Å². The predicted octanol–water partition coefficient (Wildman–Crippen LogP) is 3.78. The van der Waals surface area contributed by atoms with Gasteiger partial charge in [0.1, 0.15) is 5.75 Å². The monoisotopic (exact) mass is 378 g/mol. The number of carbonyl (C=O) groups is 1. The van der Waals surface area contributed by atoms with Crippen molar-refractivity contribution in [2.45, 2.75) is 46.3 Å². The van der Waals surface area contributed by atoms with Crippen molar-refractivity contribution in [1.29, 1.82) is 0 Å². The van der Waals surface area contributed by atoms with Crippen LogP contribution >= 0.6 is 0 Å². The van der Waals surface area contributed by atoms with Gasteiger partial charge in [-0.15, -0.1) is 0 Å². The Labute approximate surface area is 165 Å². The van der Waals surface area contributed by atoms with Gasteiger partial charge in [-0.3, -0.25) is 4.79 Å². The average molecular weight is 378 g/mol. The molecule has 1 aromatic carbocycles. The van der Waals surface area contributed by atoms with Crippen LogP contribution in [0.1, 0.15) is 43.4 Å². The quantitative estimate of drug-likeness (QED) is 0.679. The molecule has 0 radical (unpaired) electrons. The lowest BCUT2D eigenvalue weighted by Crippen LogP contribution is -2.36. The fourth-order valence-electron chi connectivity index (χ4n) is 2.90. The summed E-state index contributed by atoms with van der Waals surface area (Å²) in [6, 6.07) is 11.7. The molecule has 2 aromatic heterocycles. The van der Waals surface area contributed by atoms with Crippen LogP contribution in [0, 0.1) is 6.92 Å². The summed E-state index contributed by atoms with van der Waals surface area (Å²) in [5.74, 6) is 1.64. The second-order valence-corrected chi connectivity index (χ2v) is 7.15. The first-order chi connectivity index (χ1) is 13.4. The van der Waals surface area contributed by atoms with Gasteiger partial charge >= 0.3 is 0 Å². The molecule has 6 heteroatoms. The summed E-state index contributed by atoms with van der Waals surface area (Å²) in [5.41, 5.74) is 3.15. The molecule has 1 N–H and O–H groups in total. The van der Waals surface area contributed by atoms with Crippen molar-refractivity contribution in [3.05, 3.63) is 71.7 Å². The minimum atomic E-state index is -0.591. The molecule has 0 aliphatic heterocycles. The average Bonchev–Trinajstić information content (AvgIpc) is 3.21. The molecule has 6 nitrogen and oxygen atoms in total. The minimum Gasteiger partial charge on any atom is -0.481 e. The highest BCUT2D eigenvalue weighted by atomic mass is 16.5. The van der Waals surface area contributed by atoms with E-state index in [4.69, 9.17) is 4.74 Å². The zero-order valence-corrected chi connectivity index (χ0v) is 16.7. The largest absolute Gasteiger partial charge is 0.481 e. The summed E-state index contributed by atoms with van der Waals surface area (Å²) in [6.07, 6.45) is 4.65. The molecule has 0 spiro atoms. The van der Waals surface area contributed by atoms with E-state index in [1.165, 1.54) is 0 Å². The Bertz CT molecular complexity index is 935. The molecule has 0 saturated heterocycles. The summed E-state index contributed by atoms with van der Waals surface area (Å²) in [4.78, 5) is 16.8. The molecule has 1 atom stereocenters. The smallest absolute Gasteiger partial charge is 0.261 e. The second-order valence-electron chi connectivity index (χ2n) is 7.15. The lowest BCUT2D eigenvalue weighted by atomic mass is 10.0. The summed E-state index contributed by atoms with van der Waals surface area (Å²) in [7, 11) is 0. The van der Waals surface area contributed by atoms with Gasteiger partial charge in [-0.2, -0.15) is 5.10 Å². The Morgan fingerprint density at radius 2 is 2.00 bits per heavy atom. The molecule has 3 aromatic rings. The van der Waals surface area contributed by atoms with Crippen LogP contribution in [-0.2, 0) is 11.3 Å². The zero-order valence-electron chi connectivity index (χ0n) is 16.7. The predicted molar refractivity (Wildman–Crippen MR) is 109 cm³/mol. The number of nitrogens with one attached hydrogen (secondary N) is 1. The Balaban J connectivity index is 1.63. The second kappa shape index (κ2) is 8.69. The van der Waals surface area contributed by atoms with Crippen LogP contribution in [0.15, 0.2) is 55.0 Å². The van der Waals surface area contributed by atoms with Crippen LogP contribution in [0.5, 0.6) is 5.75 Å². The lowest BCUT2D eigenvalue weighted by molar-refractivity contribution is -0.127. The van der Waals surface area contributed by atoms with E-state index in [-0.39, 0.29) is 5.91 Å². The van der Waals surface area contributed by atoms with Crippen LogP contribution in [0.2, 0.25) is 0 Å². The Kier molecular flexibility index (Phi) is 6.09. The standard InChI is InChI=1S/C22H26N4O2/c1-15(2)19-7-6-16(3)12-20(19)28-17(4)22(27)24-14-18-8-10-23-21(13-18)26-11-5-9-25-26/h5-13,15,17H,14H2,1-4H3,(H,24,27). The maximum atomic E-state index is 12.5. The van der Waals surface area contributed by atoms with E-state index in [9.17, 15) is 4.79 Å². The molecule has 146 valence electrons. The van der Waals surface area contributed by atoms with Crippen LogP contribution in [0.4, 0.5) is 0 Å². The molecule has 0 bridgehead atoms. The van der Waals surface area contributed by atoms with Gasteiger partial charge in [-0.1, -0.05) is 26.0 Å².